The zero-order valence-electron chi connectivity index (χ0n) is 17.4. The highest BCUT2D eigenvalue weighted by molar-refractivity contribution is 7.92. The molecule has 32 heavy (non-hydrogen) atoms. The molecule has 166 valence electrons. The smallest absolute Gasteiger partial charge is 0.264 e. The first-order valence-electron chi connectivity index (χ1n) is 9.89. The van der Waals surface area contributed by atoms with Gasteiger partial charge in [-0.15, -0.1) is 0 Å². The third-order valence-electron chi connectivity index (χ3n) is 4.80. The van der Waals surface area contributed by atoms with Gasteiger partial charge in [-0.1, -0.05) is 18.2 Å². The number of ether oxygens (including phenoxy) is 3. The molecule has 3 aromatic rings. The molecule has 3 aromatic carbocycles. The van der Waals surface area contributed by atoms with Crippen LogP contribution in [0, 0.1) is 0 Å². The SMILES string of the molecule is COc1ccc(S(=O)(=O)N(CC(=O)Nc2ccc3c(c2)OCCO3)c2ccccc2)cc1. The van der Waals surface area contributed by atoms with Gasteiger partial charge in [0.25, 0.3) is 10.0 Å². The molecule has 0 bridgehead atoms. The number of sulfonamides is 1. The maximum atomic E-state index is 13.4. The normalized spacial score (nSPS) is 12.7. The van der Waals surface area contributed by atoms with E-state index in [0.29, 0.717) is 41.8 Å². The number of nitrogens with one attached hydrogen (secondary N) is 1. The van der Waals surface area contributed by atoms with E-state index in [4.69, 9.17) is 14.2 Å². The van der Waals surface area contributed by atoms with Crippen LogP contribution < -0.4 is 23.8 Å². The third-order valence-corrected chi connectivity index (χ3v) is 6.59. The van der Waals surface area contributed by atoms with E-state index >= 15 is 0 Å². The molecule has 1 heterocycles. The average Bonchev–Trinajstić information content (AvgIpc) is 2.83. The molecule has 1 aliphatic rings. The van der Waals surface area contributed by atoms with Crippen molar-refractivity contribution in [3.05, 3.63) is 72.8 Å². The first kappa shape index (κ1) is 21.5. The van der Waals surface area contributed by atoms with Gasteiger partial charge in [0.15, 0.2) is 11.5 Å². The lowest BCUT2D eigenvalue weighted by atomic mass is 10.2. The second-order valence-electron chi connectivity index (χ2n) is 6.93. The summed E-state index contributed by atoms with van der Waals surface area (Å²) in [6.07, 6.45) is 0. The lowest BCUT2D eigenvalue weighted by molar-refractivity contribution is -0.114. The van der Waals surface area contributed by atoms with E-state index in [1.165, 1.54) is 19.2 Å². The number of nitrogens with zero attached hydrogens (tertiary/aromatic N) is 1. The number of methoxy groups -OCH3 is 1. The minimum absolute atomic E-state index is 0.0503. The van der Waals surface area contributed by atoms with Crippen LogP contribution >= 0.6 is 0 Å². The van der Waals surface area contributed by atoms with Gasteiger partial charge in [-0.3, -0.25) is 9.10 Å². The quantitative estimate of drug-likeness (QED) is 0.589. The Morgan fingerprint density at radius 3 is 2.34 bits per heavy atom. The molecule has 0 saturated heterocycles. The number of fused-ring (bicyclic) bond motifs is 1. The zero-order valence-corrected chi connectivity index (χ0v) is 18.2. The molecular formula is C23H22N2O6S. The Kier molecular flexibility index (Phi) is 6.18. The van der Waals surface area contributed by atoms with Crippen LogP contribution in [0.25, 0.3) is 0 Å². The van der Waals surface area contributed by atoms with Gasteiger partial charge in [0.2, 0.25) is 5.91 Å². The van der Waals surface area contributed by atoms with Crippen molar-refractivity contribution in [2.45, 2.75) is 4.90 Å². The fourth-order valence-electron chi connectivity index (χ4n) is 3.24. The van der Waals surface area contributed by atoms with Crippen LogP contribution in [0.2, 0.25) is 0 Å². The lowest BCUT2D eigenvalue weighted by Gasteiger charge is -2.24. The largest absolute Gasteiger partial charge is 0.497 e. The van der Waals surface area contributed by atoms with Crippen LogP contribution in [0.15, 0.2) is 77.7 Å². The number of hydrogen-bond acceptors (Lipinski definition) is 6. The third kappa shape index (κ3) is 4.62. The standard InChI is InChI=1S/C23H22N2O6S/c1-29-19-8-10-20(11-9-19)32(27,28)25(18-5-3-2-4-6-18)16-23(26)24-17-7-12-21-22(15-17)31-14-13-30-21/h2-12,15H,13-14,16H2,1H3,(H,24,26). The summed E-state index contributed by atoms with van der Waals surface area (Å²) in [4.78, 5) is 12.9. The molecule has 0 aliphatic carbocycles. The molecule has 1 aliphatic heterocycles. The monoisotopic (exact) mass is 454 g/mol. The summed E-state index contributed by atoms with van der Waals surface area (Å²) in [5, 5.41) is 2.73. The molecule has 8 nitrogen and oxygen atoms in total. The van der Waals surface area contributed by atoms with Crippen LogP contribution in [0.4, 0.5) is 11.4 Å². The molecule has 0 spiro atoms. The van der Waals surface area contributed by atoms with Crippen molar-refractivity contribution in [3.8, 4) is 17.2 Å². The number of carbonyl (C=O) groups is 1. The average molecular weight is 455 g/mol. The van der Waals surface area contributed by atoms with E-state index in [2.05, 4.69) is 5.32 Å². The van der Waals surface area contributed by atoms with Crippen LogP contribution in [-0.4, -0.2) is 41.2 Å². The van der Waals surface area contributed by atoms with Crippen molar-refractivity contribution in [2.24, 2.45) is 0 Å². The topological polar surface area (TPSA) is 94.2 Å². The van der Waals surface area contributed by atoms with Crippen molar-refractivity contribution < 1.29 is 27.4 Å². The minimum Gasteiger partial charge on any atom is -0.497 e. The first-order valence-corrected chi connectivity index (χ1v) is 11.3. The van der Waals surface area contributed by atoms with E-state index in [-0.39, 0.29) is 4.90 Å². The Balaban J connectivity index is 1.59. The molecule has 0 atom stereocenters. The number of hydrogen-bond donors (Lipinski definition) is 1. The van der Waals surface area contributed by atoms with E-state index in [0.717, 1.165) is 4.31 Å². The van der Waals surface area contributed by atoms with Gasteiger partial charge in [0.1, 0.15) is 25.5 Å². The van der Waals surface area contributed by atoms with Gasteiger partial charge in [0, 0.05) is 11.8 Å². The van der Waals surface area contributed by atoms with E-state index in [1.807, 2.05) is 0 Å². The van der Waals surface area contributed by atoms with Crippen molar-refractivity contribution in [1.29, 1.82) is 0 Å². The molecule has 0 saturated carbocycles. The number of rotatable bonds is 7. The van der Waals surface area contributed by atoms with Crippen LogP contribution in [0.1, 0.15) is 0 Å². The molecule has 1 amide bonds. The second kappa shape index (κ2) is 9.19. The van der Waals surface area contributed by atoms with E-state index < -0.39 is 22.5 Å². The van der Waals surface area contributed by atoms with E-state index in [9.17, 15) is 13.2 Å². The molecular weight excluding hydrogens is 432 g/mol. The van der Waals surface area contributed by atoms with Crippen molar-refractivity contribution in [2.75, 3.05) is 36.5 Å². The highest BCUT2D eigenvalue weighted by Crippen LogP contribution is 2.32. The number of anilines is 2. The van der Waals surface area contributed by atoms with Crippen molar-refractivity contribution >= 4 is 27.3 Å². The van der Waals surface area contributed by atoms with Gasteiger partial charge in [0.05, 0.1) is 17.7 Å². The first-order chi connectivity index (χ1) is 15.5. The van der Waals surface area contributed by atoms with Crippen molar-refractivity contribution in [1.82, 2.24) is 0 Å². The number of para-hydroxylation sites is 1. The predicted octanol–water partition coefficient (Wildman–Crippen LogP) is 3.30. The molecule has 1 N–H and O–H groups in total. The van der Waals surface area contributed by atoms with Gasteiger partial charge < -0.3 is 19.5 Å². The number of amides is 1. The lowest BCUT2D eigenvalue weighted by Crippen LogP contribution is -2.38. The summed E-state index contributed by atoms with van der Waals surface area (Å²) in [7, 11) is -2.51. The highest BCUT2D eigenvalue weighted by Gasteiger charge is 2.27. The Morgan fingerprint density at radius 2 is 1.66 bits per heavy atom. The molecule has 9 heteroatoms. The number of carbonyl (C=O) groups excluding carboxylic acids is 1. The molecule has 4 rings (SSSR count). The fourth-order valence-corrected chi connectivity index (χ4v) is 4.66. The molecule has 0 radical (unpaired) electrons. The Hall–Kier alpha value is -3.72. The summed E-state index contributed by atoms with van der Waals surface area (Å²) >= 11 is 0. The summed E-state index contributed by atoms with van der Waals surface area (Å²) in [6.45, 7) is 0.479. The Morgan fingerprint density at radius 1 is 0.969 bits per heavy atom. The van der Waals surface area contributed by atoms with Crippen LogP contribution in [0.3, 0.4) is 0 Å². The Bertz CT molecular complexity index is 1200. The van der Waals surface area contributed by atoms with Gasteiger partial charge in [-0.2, -0.15) is 0 Å². The van der Waals surface area contributed by atoms with Crippen LogP contribution in [-0.2, 0) is 14.8 Å². The summed E-state index contributed by atoms with van der Waals surface area (Å²) in [5.74, 6) is 1.16. The van der Waals surface area contributed by atoms with Gasteiger partial charge >= 0.3 is 0 Å². The highest BCUT2D eigenvalue weighted by atomic mass is 32.2. The van der Waals surface area contributed by atoms with Gasteiger partial charge in [-0.25, -0.2) is 8.42 Å². The molecule has 0 fully saturated rings. The number of benzene rings is 3. The maximum absolute atomic E-state index is 13.4. The van der Waals surface area contributed by atoms with Crippen molar-refractivity contribution in [3.63, 3.8) is 0 Å². The predicted molar refractivity (Wildman–Crippen MR) is 120 cm³/mol. The van der Waals surface area contributed by atoms with Crippen LogP contribution in [0.5, 0.6) is 17.2 Å². The summed E-state index contributed by atoms with van der Waals surface area (Å²) < 4.78 is 44.0. The fraction of sp³-hybridized carbons (Fsp3) is 0.174. The van der Waals surface area contributed by atoms with Gasteiger partial charge in [-0.05, 0) is 48.5 Å². The molecule has 0 aromatic heterocycles. The Labute approximate surface area is 186 Å². The summed E-state index contributed by atoms with van der Waals surface area (Å²) in [5.41, 5.74) is 0.856. The zero-order chi connectivity index (χ0) is 22.6. The van der Waals surface area contributed by atoms with E-state index in [1.54, 1.807) is 60.7 Å². The maximum Gasteiger partial charge on any atom is 0.264 e. The summed E-state index contributed by atoms with van der Waals surface area (Å²) in [6, 6.07) is 19.5. The minimum atomic E-state index is -4.01. The second-order valence-corrected chi connectivity index (χ2v) is 8.79. The molecule has 0 unspecified atom stereocenters.